The van der Waals surface area contributed by atoms with Gasteiger partial charge in [-0.05, 0) is 24.1 Å². The summed E-state index contributed by atoms with van der Waals surface area (Å²) in [4.78, 5) is 0. The Labute approximate surface area is 113 Å². The molecule has 0 fully saturated rings. The van der Waals surface area contributed by atoms with Crippen molar-refractivity contribution in [2.24, 2.45) is 11.5 Å². The zero-order valence-corrected chi connectivity index (χ0v) is 10.8. The Morgan fingerprint density at radius 2 is 1.84 bits per heavy atom. The lowest BCUT2D eigenvalue weighted by Crippen LogP contribution is -2.19. The Bertz CT molecular complexity index is 496. The first-order valence-corrected chi connectivity index (χ1v) is 6.48. The summed E-state index contributed by atoms with van der Waals surface area (Å²) in [6.07, 6.45) is 0.820. The largest absolute Gasteiger partial charge is 0.464 e. The molecule has 1 aromatic carbocycles. The molecule has 0 saturated heterocycles. The van der Waals surface area contributed by atoms with E-state index in [1.807, 2.05) is 42.5 Å². The predicted molar refractivity (Wildman–Crippen MR) is 74.4 cm³/mol. The molecule has 4 heteroatoms. The summed E-state index contributed by atoms with van der Waals surface area (Å²) >= 11 is 0. The lowest BCUT2D eigenvalue weighted by molar-refractivity contribution is 0.165. The van der Waals surface area contributed by atoms with Gasteiger partial charge in [-0.3, -0.25) is 0 Å². The number of aliphatic hydroxyl groups is 1. The lowest BCUT2D eigenvalue weighted by Gasteiger charge is -2.09. The molecule has 0 radical (unpaired) electrons. The molecule has 4 nitrogen and oxygen atoms in total. The fourth-order valence-corrected chi connectivity index (χ4v) is 1.97. The van der Waals surface area contributed by atoms with Crippen molar-refractivity contribution in [1.29, 1.82) is 0 Å². The second kappa shape index (κ2) is 6.52. The van der Waals surface area contributed by atoms with Crippen LogP contribution in [0.15, 0.2) is 46.9 Å². The van der Waals surface area contributed by atoms with Gasteiger partial charge in [0.15, 0.2) is 0 Å². The van der Waals surface area contributed by atoms with Crippen LogP contribution < -0.4 is 11.5 Å². The number of hydrogen-bond acceptors (Lipinski definition) is 4. The molecular formula is C15H20N2O2. The topological polar surface area (TPSA) is 85.4 Å². The van der Waals surface area contributed by atoms with Crippen LogP contribution in [-0.4, -0.2) is 11.7 Å². The van der Waals surface area contributed by atoms with Crippen LogP contribution in [0.3, 0.4) is 0 Å². The van der Waals surface area contributed by atoms with E-state index in [-0.39, 0.29) is 6.04 Å². The van der Waals surface area contributed by atoms with Crippen molar-refractivity contribution >= 4 is 0 Å². The molecule has 0 aliphatic heterocycles. The third-order valence-corrected chi connectivity index (χ3v) is 3.15. The molecule has 19 heavy (non-hydrogen) atoms. The van der Waals surface area contributed by atoms with Crippen LogP contribution in [0, 0.1) is 0 Å². The predicted octanol–water partition coefficient (Wildman–Crippen LogP) is 1.90. The van der Waals surface area contributed by atoms with E-state index in [1.54, 1.807) is 0 Å². The van der Waals surface area contributed by atoms with Gasteiger partial charge >= 0.3 is 0 Å². The maximum Gasteiger partial charge on any atom is 0.122 e. The van der Waals surface area contributed by atoms with Gasteiger partial charge in [-0.1, -0.05) is 30.3 Å². The second-order valence-electron chi connectivity index (χ2n) is 4.61. The van der Waals surface area contributed by atoms with Gasteiger partial charge in [0.2, 0.25) is 0 Å². The third-order valence-electron chi connectivity index (χ3n) is 3.15. The molecule has 2 atom stereocenters. The van der Waals surface area contributed by atoms with Gasteiger partial charge in [0.25, 0.3) is 0 Å². The number of aliphatic hydroxyl groups excluding tert-OH is 1. The molecule has 0 saturated carbocycles. The maximum atomic E-state index is 10.1. The van der Waals surface area contributed by atoms with Crippen LogP contribution in [0.4, 0.5) is 0 Å². The Balaban J connectivity index is 1.90. The third kappa shape index (κ3) is 3.67. The van der Waals surface area contributed by atoms with Crippen LogP contribution in [0.25, 0.3) is 0 Å². The van der Waals surface area contributed by atoms with Crippen LogP contribution >= 0.6 is 0 Å². The molecule has 5 N–H and O–H groups in total. The van der Waals surface area contributed by atoms with Gasteiger partial charge in [-0.25, -0.2) is 0 Å². The average molecular weight is 260 g/mol. The molecule has 2 aromatic rings. The van der Waals surface area contributed by atoms with Gasteiger partial charge < -0.3 is 21.0 Å². The molecule has 2 rings (SSSR count). The van der Waals surface area contributed by atoms with Crippen molar-refractivity contribution in [1.82, 2.24) is 0 Å². The van der Waals surface area contributed by atoms with Crippen LogP contribution in [-0.2, 0) is 6.42 Å². The molecule has 102 valence electrons. The quantitative estimate of drug-likeness (QED) is 0.740. The van der Waals surface area contributed by atoms with Crippen molar-refractivity contribution < 1.29 is 9.52 Å². The molecule has 2 unspecified atom stereocenters. The fourth-order valence-electron chi connectivity index (χ4n) is 1.97. The van der Waals surface area contributed by atoms with E-state index in [0.29, 0.717) is 25.1 Å². The first kappa shape index (κ1) is 13.8. The Hall–Kier alpha value is -1.62. The van der Waals surface area contributed by atoms with E-state index in [1.165, 1.54) is 0 Å². The number of rotatable bonds is 6. The van der Waals surface area contributed by atoms with Crippen molar-refractivity contribution in [3.63, 3.8) is 0 Å². The summed E-state index contributed by atoms with van der Waals surface area (Å²) in [6.45, 7) is 0.361. The summed E-state index contributed by atoms with van der Waals surface area (Å²) in [7, 11) is 0. The molecule has 0 bridgehead atoms. The summed E-state index contributed by atoms with van der Waals surface area (Å²) < 4.78 is 5.61. The number of aryl methyl sites for hydroxylation is 1. The van der Waals surface area contributed by atoms with E-state index < -0.39 is 6.10 Å². The number of hydrogen-bond donors (Lipinski definition) is 3. The highest BCUT2D eigenvalue weighted by molar-refractivity contribution is 5.18. The van der Waals surface area contributed by atoms with Crippen molar-refractivity contribution in [3.8, 4) is 0 Å². The highest BCUT2D eigenvalue weighted by Gasteiger charge is 2.11. The second-order valence-corrected chi connectivity index (χ2v) is 4.61. The zero-order valence-electron chi connectivity index (χ0n) is 10.8. The van der Waals surface area contributed by atoms with E-state index in [4.69, 9.17) is 15.9 Å². The van der Waals surface area contributed by atoms with Gasteiger partial charge in [0.05, 0.1) is 12.1 Å². The Morgan fingerprint density at radius 1 is 1.11 bits per heavy atom. The molecule has 0 spiro atoms. The van der Waals surface area contributed by atoms with E-state index >= 15 is 0 Å². The van der Waals surface area contributed by atoms with E-state index in [0.717, 1.165) is 11.3 Å². The first-order chi connectivity index (χ1) is 9.20. The number of benzene rings is 1. The number of nitrogens with two attached hydrogens (primary N) is 2. The molecule has 1 aromatic heterocycles. The van der Waals surface area contributed by atoms with Crippen molar-refractivity contribution in [3.05, 3.63) is 59.5 Å². The smallest absolute Gasteiger partial charge is 0.122 e. The molecule has 0 aliphatic rings. The maximum absolute atomic E-state index is 10.1. The lowest BCUT2D eigenvalue weighted by atomic mass is 10.0. The van der Waals surface area contributed by atoms with Crippen LogP contribution in [0.2, 0.25) is 0 Å². The van der Waals surface area contributed by atoms with Crippen LogP contribution in [0.5, 0.6) is 0 Å². The SMILES string of the molecule is NCC(N)c1ccc(CCC(O)c2ccccc2)o1. The zero-order chi connectivity index (χ0) is 13.7. The van der Waals surface area contributed by atoms with Gasteiger partial charge in [-0.2, -0.15) is 0 Å². The average Bonchev–Trinajstić information content (AvgIpc) is 2.93. The monoisotopic (exact) mass is 260 g/mol. The summed E-state index contributed by atoms with van der Waals surface area (Å²) in [6, 6.07) is 13.1. The van der Waals surface area contributed by atoms with Crippen molar-refractivity contribution in [2.45, 2.75) is 25.0 Å². The summed E-state index contributed by atoms with van der Waals surface area (Å²) in [5, 5.41) is 10.1. The molecular weight excluding hydrogens is 240 g/mol. The Morgan fingerprint density at radius 3 is 2.53 bits per heavy atom. The summed E-state index contributed by atoms with van der Waals surface area (Å²) in [5.74, 6) is 1.53. The highest BCUT2D eigenvalue weighted by Crippen LogP contribution is 2.21. The Kier molecular flexibility index (Phi) is 4.74. The minimum Gasteiger partial charge on any atom is -0.464 e. The van der Waals surface area contributed by atoms with E-state index in [2.05, 4.69) is 0 Å². The molecule has 0 aliphatic carbocycles. The van der Waals surface area contributed by atoms with E-state index in [9.17, 15) is 5.11 Å². The number of furan rings is 1. The fraction of sp³-hybridized carbons (Fsp3) is 0.333. The molecule has 1 heterocycles. The normalized spacial score (nSPS) is 14.3. The first-order valence-electron chi connectivity index (χ1n) is 6.48. The van der Waals surface area contributed by atoms with Crippen LogP contribution in [0.1, 0.15) is 35.7 Å². The summed E-state index contributed by atoms with van der Waals surface area (Å²) in [5.41, 5.74) is 12.2. The van der Waals surface area contributed by atoms with Crippen molar-refractivity contribution in [2.75, 3.05) is 6.54 Å². The highest BCUT2D eigenvalue weighted by atomic mass is 16.3. The van der Waals surface area contributed by atoms with Gasteiger partial charge in [0.1, 0.15) is 11.5 Å². The molecule has 0 amide bonds. The van der Waals surface area contributed by atoms with Gasteiger partial charge in [0, 0.05) is 13.0 Å². The van der Waals surface area contributed by atoms with Gasteiger partial charge in [-0.15, -0.1) is 0 Å². The standard InChI is InChI=1S/C15H20N2O2/c16-10-13(17)15-9-7-12(19-15)6-8-14(18)11-4-2-1-3-5-11/h1-5,7,9,13-14,18H,6,8,10,16-17H2. The minimum absolute atomic E-state index is 0.257. The minimum atomic E-state index is -0.474.